The Morgan fingerprint density at radius 1 is 0.829 bits per heavy atom. The first kappa shape index (κ1) is 27.6. The van der Waals surface area contributed by atoms with Crippen LogP contribution in [0.25, 0.3) is 11.3 Å². The maximum atomic E-state index is 12.5. The van der Waals surface area contributed by atoms with Crippen LogP contribution in [0, 0.1) is 0 Å². The molecule has 0 atom stereocenters. The summed E-state index contributed by atoms with van der Waals surface area (Å²) in [4.78, 5) is 29.1. The average molecular weight is 557 g/mol. The molecular weight excluding hydrogens is 516 g/mol. The Morgan fingerprint density at radius 3 is 2.41 bits per heavy atom. The van der Waals surface area contributed by atoms with Crippen LogP contribution in [0.15, 0.2) is 54.7 Å². The minimum absolute atomic E-state index is 0.113. The number of benzene rings is 2. The number of carbonyl (C=O) groups excluding carboxylic acids is 1. The number of nitrogens with zero attached hydrogens (tertiary/aromatic N) is 5. The van der Waals surface area contributed by atoms with Crippen molar-refractivity contribution in [1.29, 1.82) is 0 Å². The second kappa shape index (κ2) is 13.4. The van der Waals surface area contributed by atoms with Gasteiger partial charge in [0.2, 0.25) is 11.9 Å². The fourth-order valence-corrected chi connectivity index (χ4v) is 5.68. The van der Waals surface area contributed by atoms with Crippen molar-refractivity contribution in [1.82, 2.24) is 30.4 Å². The zero-order valence-electron chi connectivity index (χ0n) is 23.6. The number of ether oxygens (including phenoxy) is 1. The molecule has 0 saturated carbocycles. The van der Waals surface area contributed by atoms with Crippen LogP contribution in [-0.2, 0) is 22.6 Å². The highest BCUT2D eigenvalue weighted by Gasteiger charge is 2.22. The van der Waals surface area contributed by atoms with Gasteiger partial charge in [0.15, 0.2) is 0 Å². The van der Waals surface area contributed by atoms with Crippen LogP contribution in [0.5, 0.6) is 0 Å². The number of hydrogen-bond acceptors (Lipinski definition) is 9. The Labute approximate surface area is 242 Å². The van der Waals surface area contributed by atoms with E-state index in [0.717, 1.165) is 95.5 Å². The summed E-state index contributed by atoms with van der Waals surface area (Å²) in [6.07, 6.45) is 2.71. The lowest BCUT2D eigenvalue weighted by Gasteiger charge is -2.36. The topological polar surface area (TPSA) is 97.9 Å². The van der Waals surface area contributed by atoms with Crippen LogP contribution in [-0.4, -0.2) is 97.8 Å². The van der Waals surface area contributed by atoms with E-state index in [-0.39, 0.29) is 5.91 Å². The van der Waals surface area contributed by atoms with Crippen molar-refractivity contribution in [2.24, 2.45) is 0 Å². The zero-order valence-corrected chi connectivity index (χ0v) is 23.6. The van der Waals surface area contributed by atoms with Gasteiger partial charge in [0.1, 0.15) is 0 Å². The van der Waals surface area contributed by atoms with E-state index in [2.05, 4.69) is 78.1 Å². The molecule has 9 rings (SSSR count). The van der Waals surface area contributed by atoms with Crippen LogP contribution in [0.4, 0.5) is 17.3 Å². The van der Waals surface area contributed by atoms with Crippen molar-refractivity contribution < 1.29 is 9.53 Å². The summed E-state index contributed by atoms with van der Waals surface area (Å²) < 4.78 is 5.62. The third-order valence-electron chi connectivity index (χ3n) is 8.00. The predicted octanol–water partition coefficient (Wildman–Crippen LogP) is 2.45. The quantitative estimate of drug-likeness (QED) is 0.418. The molecule has 6 aliphatic rings. The Morgan fingerprint density at radius 2 is 1.61 bits per heavy atom. The van der Waals surface area contributed by atoms with Crippen LogP contribution in [0.2, 0.25) is 0 Å². The maximum Gasteiger partial charge on any atom is 0.234 e. The molecule has 10 heteroatoms. The van der Waals surface area contributed by atoms with Crippen LogP contribution in [0.1, 0.15) is 17.5 Å². The highest BCUT2D eigenvalue weighted by molar-refractivity contribution is 5.78. The Hall–Kier alpha value is -3.57. The number of amides is 1. The summed E-state index contributed by atoms with van der Waals surface area (Å²) in [6, 6.07) is 17.0. The molecule has 216 valence electrons. The first-order valence-electron chi connectivity index (χ1n) is 14.8. The summed E-state index contributed by atoms with van der Waals surface area (Å²) in [7, 11) is 0. The second-order valence-corrected chi connectivity index (χ2v) is 11.0. The molecule has 0 unspecified atom stereocenters. The van der Waals surface area contributed by atoms with E-state index >= 15 is 0 Å². The Kier molecular flexibility index (Phi) is 9.01. The van der Waals surface area contributed by atoms with E-state index in [1.165, 1.54) is 16.8 Å². The van der Waals surface area contributed by atoms with E-state index in [1.807, 2.05) is 12.3 Å². The van der Waals surface area contributed by atoms with Crippen molar-refractivity contribution in [3.63, 3.8) is 0 Å². The van der Waals surface area contributed by atoms with Gasteiger partial charge in [0.05, 0.1) is 25.5 Å². The lowest BCUT2D eigenvalue weighted by atomic mass is 10.1. The highest BCUT2D eigenvalue weighted by atomic mass is 16.5. The van der Waals surface area contributed by atoms with Crippen LogP contribution < -0.4 is 20.9 Å². The molecule has 0 aliphatic carbocycles. The molecule has 3 N–H and O–H groups in total. The van der Waals surface area contributed by atoms with E-state index in [4.69, 9.17) is 9.72 Å². The van der Waals surface area contributed by atoms with Gasteiger partial charge >= 0.3 is 0 Å². The van der Waals surface area contributed by atoms with Gasteiger partial charge in [-0.05, 0) is 48.4 Å². The van der Waals surface area contributed by atoms with Gasteiger partial charge in [-0.15, -0.1) is 0 Å². The first-order chi connectivity index (χ1) is 20.2. The molecule has 1 aromatic heterocycles. The lowest BCUT2D eigenvalue weighted by molar-refractivity contribution is -0.122. The van der Waals surface area contributed by atoms with Gasteiger partial charge in [-0.3, -0.25) is 14.6 Å². The molecule has 0 radical (unpaired) electrons. The second-order valence-electron chi connectivity index (χ2n) is 11.0. The van der Waals surface area contributed by atoms with Gasteiger partial charge in [-0.25, -0.2) is 9.97 Å². The molecule has 2 saturated heterocycles. The number of anilines is 3. The number of hydrogen-bond donors (Lipinski definition) is 3. The minimum Gasteiger partial charge on any atom is -0.378 e. The van der Waals surface area contributed by atoms with E-state index in [9.17, 15) is 4.79 Å². The number of rotatable bonds is 1. The zero-order chi connectivity index (χ0) is 27.9. The average Bonchev–Trinajstić information content (AvgIpc) is 3.00. The van der Waals surface area contributed by atoms with Crippen LogP contribution >= 0.6 is 0 Å². The van der Waals surface area contributed by atoms with Gasteiger partial charge in [0.25, 0.3) is 0 Å². The largest absolute Gasteiger partial charge is 0.378 e. The Bertz CT molecular complexity index is 1300. The van der Waals surface area contributed by atoms with Crippen molar-refractivity contribution >= 4 is 23.2 Å². The molecule has 3 aromatic rings. The molecule has 2 aromatic carbocycles. The maximum absolute atomic E-state index is 12.5. The lowest BCUT2D eigenvalue weighted by Crippen LogP contribution is -2.49. The van der Waals surface area contributed by atoms with Gasteiger partial charge in [-0.1, -0.05) is 24.3 Å². The third kappa shape index (κ3) is 7.39. The number of aromatic nitrogens is 2. The molecule has 0 spiro atoms. The van der Waals surface area contributed by atoms with Gasteiger partial charge in [0, 0.05) is 82.0 Å². The molecule has 8 bridgehead atoms. The summed E-state index contributed by atoms with van der Waals surface area (Å²) in [6.45, 7) is 10.6. The summed E-state index contributed by atoms with van der Waals surface area (Å²) >= 11 is 0. The molecule has 7 heterocycles. The Balaban J connectivity index is 1.26. The third-order valence-corrected chi connectivity index (χ3v) is 8.00. The fourth-order valence-electron chi connectivity index (χ4n) is 5.68. The first-order valence-corrected chi connectivity index (χ1v) is 14.8. The molecule has 10 nitrogen and oxygen atoms in total. The van der Waals surface area contributed by atoms with Crippen molar-refractivity contribution in [3.8, 4) is 11.3 Å². The minimum atomic E-state index is 0.113. The highest BCUT2D eigenvalue weighted by Crippen LogP contribution is 2.29. The predicted molar refractivity (Wildman–Crippen MR) is 161 cm³/mol. The monoisotopic (exact) mass is 556 g/mol. The number of carbonyl (C=O) groups is 1. The molecule has 1 amide bonds. The van der Waals surface area contributed by atoms with Crippen LogP contribution in [0.3, 0.4) is 0 Å². The van der Waals surface area contributed by atoms with E-state index < -0.39 is 0 Å². The summed E-state index contributed by atoms with van der Waals surface area (Å²) in [5, 5.41) is 10.0. The number of piperazine rings is 1. The SMILES string of the molecule is O=C1CN2CCN(CC2)Cc2cc(ccc2N2CCOCC2)Nc2nccc(n2)-c2ccc(cc2)CNCCCN1. The standard InChI is InChI=1S/C31H40N8O2/c40-30-23-38-14-12-37(13-15-38)22-26-20-27(6-7-29(26)39-16-18-41-19-17-39)35-31-34-11-8-28(36-31)25-4-2-24(3-5-25)21-32-9-1-10-33-30/h2-8,11,20,32H,1,9-10,12-19,21-23H2,(H,33,40)(H,34,35,36). The van der Waals surface area contributed by atoms with Gasteiger partial charge < -0.3 is 25.6 Å². The normalized spacial score (nSPS) is 22.4. The van der Waals surface area contributed by atoms with E-state index in [1.54, 1.807) is 0 Å². The smallest absolute Gasteiger partial charge is 0.234 e. The fraction of sp³-hybridized carbons (Fsp3) is 0.452. The summed E-state index contributed by atoms with van der Waals surface area (Å²) in [5.41, 5.74) is 6.66. The molecular formula is C31H40N8O2. The molecule has 2 fully saturated rings. The van der Waals surface area contributed by atoms with Gasteiger partial charge in [-0.2, -0.15) is 0 Å². The molecule has 41 heavy (non-hydrogen) atoms. The number of nitrogens with one attached hydrogen (secondary N) is 3. The molecule has 6 aliphatic heterocycles. The van der Waals surface area contributed by atoms with E-state index in [0.29, 0.717) is 19.0 Å². The van der Waals surface area contributed by atoms with Crippen molar-refractivity contribution in [2.75, 3.05) is 82.3 Å². The van der Waals surface area contributed by atoms with Crippen molar-refractivity contribution in [3.05, 3.63) is 65.9 Å². The number of morpholine rings is 1. The van der Waals surface area contributed by atoms with Crippen molar-refractivity contribution in [2.45, 2.75) is 19.5 Å². The summed E-state index contributed by atoms with van der Waals surface area (Å²) in [5.74, 6) is 0.696.